The smallest absolute Gasteiger partial charge is 0.312 e. The summed E-state index contributed by atoms with van der Waals surface area (Å²) in [5.41, 5.74) is 3.90. The molecule has 0 bridgehead atoms. The normalized spacial score (nSPS) is 42.5. The Bertz CT molecular complexity index is 2960. The highest BCUT2D eigenvalue weighted by atomic mass is 16.6. The number of hydrogen-bond acceptors (Lipinski definition) is 12. The second kappa shape index (κ2) is 23.4. The molecule has 0 aromatic carbocycles. The summed E-state index contributed by atoms with van der Waals surface area (Å²) < 4.78 is 41.1. The molecule has 0 N–H and O–H groups in total. The van der Waals surface area contributed by atoms with E-state index in [0.717, 1.165) is 63.7 Å². The molecule has 0 aliphatic heterocycles. The molecule has 0 amide bonds. The molecule has 0 saturated heterocycles. The predicted octanol–water partition coefficient (Wildman–Crippen LogP) is 16.9. The maximum absolute atomic E-state index is 13.5. The molecule has 18 atom stereocenters. The van der Waals surface area contributed by atoms with Crippen molar-refractivity contribution in [2.45, 2.75) is 282 Å². The van der Waals surface area contributed by atoms with E-state index in [9.17, 15) is 24.0 Å². The fourth-order valence-corrected chi connectivity index (χ4v) is 24.9. The van der Waals surface area contributed by atoms with E-state index >= 15 is 0 Å². The van der Waals surface area contributed by atoms with E-state index in [4.69, 9.17) is 32.8 Å². The quantitative estimate of drug-likeness (QED) is 0.105. The van der Waals surface area contributed by atoms with Crippen molar-refractivity contribution in [3.05, 3.63) is 51.6 Å². The first-order valence-corrected chi connectivity index (χ1v) is 35.0. The molecule has 12 heteroatoms. The Labute approximate surface area is 528 Å². The highest BCUT2D eigenvalue weighted by molar-refractivity contribution is 5.79. The largest absolute Gasteiger partial charge is 0.462 e. The minimum atomic E-state index is -0.756. The van der Waals surface area contributed by atoms with E-state index in [1.54, 1.807) is 11.1 Å². The Kier molecular flexibility index (Phi) is 17.4. The minimum absolute atomic E-state index is 0.0540. The van der Waals surface area contributed by atoms with Crippen molar-refractivity contribution in [1.82, 2.24) is 0 Å². The van der Waals surface area contributed by atoms with E-state index in [1.165, 1.54) is 77.0 Å². The van der Waals surface area contributed by atoms with Gasteiger partial charge in [-0.1, -0.05) is 120 Å². The van der Waals surface area contributed by atoms with Gasteiger partial charge in [-0.2, -0.15) is 0 Å². The van der Waals surface area contributed by atoms with Crippen LogP contribution in [-0.2, 0) is 49.5 Å². The SMILES string of the molecule is CO[C@H]1CC[C@@]2(C)C(CC[C@@]3(C)CC4=CC[C@H]5C(C)(C)[C@H](OC(=O)CCC(=O)OCc6cc(=O)c(OC(=O)CCC(=O)OC7CC[C@]8(C)C9CCC%10[C@@](C)(CC[C@H]%11C(C)(C)[C@@H](OC)CC[C@]%10%11C)CC9=CCC8C7(C)C)co6)CC[C@]5(C)[C@H]4CCC32)C1(C)C. The van der Waals surface area contributed by atoms with Gasteiger partial charge >= 0.3 is 23.9 Å². The van der Waals surface area contributed by atoms with Crippen molar-refractivity contribution in [1.29, 1.82) is 0 Å². The summed E-state index contributed by atoms with van der Waals surface area (Å²) in [6.45, 7) is 34.2. The van der Waals surface area contributed by atoms with Crippen molar-refractivity contribution >= 4 is 23.9 Å². The van der Waals surface area contributed by atoms with Gasteiger partial charge in [-0.05, 0) is 219 Å². The van der Waals surface area contributed by atoms with Crippen LogP contribution in [0.25, 0.3) is 0 Å². The average molecular weight is 1220 g/mol. The number of allylic oxidation sites excluding steroid dienone is 4. The summed E-state index contributed by atoms with van der Waals surface area (Å²) in [4.78, 5) is 66.2. The van der Waals surface area contributed by atoms with E-state index in [-0.39, 0.29) is 93.9 Å². The maximum Gasteiger partial charge on any atom is 0.312 e. The lowest BCUT2D eigenvalue weighted by molar-refractivity contribution is -0.178. The van der Waals surface area contributed by atoms with Crippen molar-refractivity contribution < 1.29 is 52.0 Å². The summed E-state index contributed by atoms with van der Waals surface area (Å²) >= 11 is 0. The Balaban J connectivity index is 0.616. The van der Waals surface area contributed by atoms with E-state index in [0.29, 0.717) is 75.8 Å². The molecule has 8 saturated carbocycles. The van der Waals surface area contributed by atoms with Crippen LogP contribution in [0.5, 0.6) is 5.75 Å². The number of rotatable bonds is 13. The van der Waals surface area contributed by atoms with Crippen LogP contribution in [0.4, 0.5) is 0 Å². The van der Waals surface area contributed by atoms with Crippen LogP contribution in [-0.4, -0.2) is 62.5 Å². The van der Waals surface area contributed by atoms with Crippen LogP contribution in [0, 0.1) is 101 Å². The van der Waals surface area contributed by atoms with Crippen molar-refractivity contribution in [2.75, 3.05) is 14.2 Å². The molecule has 10 aliphatic rings. The number of carbonyl (C=O) groups is 4. The lowest BCUT2D eigenvalue weighted by atomic mass is 9.42. The summed E-state index contributed by atoms with van der Waals surface area (Å²) in [5, 5.41) is 0. The van der Waals surface area contributed by atoms with Crippen molar-refractivity contribution in [2.24, 2.45) is 101 Å². The lowest BCUT2D eigenvalue weighted by Gasteiger charge is -2.64. The van der Waals surface area contributed by atoms with E-state index in [1.807, 2.05) is 14.2 Å². The van der Waals surface area contributed by atoms with Gasteiger partial charge in [0, 0.05) is 31.1 Å². The molecular formula is C76H114O12. The zero-order valence-electron chi connectivity index (χ0n) is 57.3. The number of carbonyl (C=O) groups excluding carboxylic acids is 4. The van der Waals surface area contributed by atoms with Crippen LogP contribution >= 0.6 is 0 Å². The summed E-state index contributed by atoms with van der Waals surface area (Å²) in [6, 6.07) is 1.11. The number of ether oxygens (including phenoxy) is 6. The van der Waals surface area contributed by atoms with Crippen LogP contribution in [0.1, 0.15) is 257 Å². The summed E-state index contributed by atoms with van der Waals surface area (Å²) in [5.74, 6) is 1.87. The third-order valence-electron chi connectivity index (χ3n) is 29.2. The number of fused-ring (bicyclic) bond motifs is 12. The van der Waals surface area contributed by atoms with Gasteiger partial charge < -0.3 is 32.8 Å². The first-order chi connectivity index (χ1) is 41.2. The van der Waals surface area contributed by atoms with Crippen molar-refractivity contribution in [3.63, 3.8) is 0 Å². The molecule has 0 radical (unpaired) electrons. The Morgan fingerprint density at radius 3 is 1.28 bits per heavy atom. The van der Waals surface area contributed by atoms with Gasteiger partial charge in [0.1, 0.15) is 30.8 Å². The Morgan fingerprint density at radius 2 is 0.852 bits per heavy atom. The summed E-state index contributed by atoms with van der Waals surface area (Å²) in [6.07, 6.45) is 28.3. The molecule has 8 fully saturated rings. The minimum Gasteiger partial charge on any atom is -0.462 e. The van der Waals surface area contributed by atoms with Crippen LogP contribution in [0.15, 0.2) is 44.8 Å². The maximum atomic E-state index is 13.5. The van der Waals surface area contributed by atoms with Gasteiger partial charge in [0.15, 0.2) is 0 Å². The molecule has 0 spiro atoms. The topological polar surface area (TPSA) is 154 Å². The predicted molar refractivity (Wildman–Crippen MR) is 340 cm³/mol. The van der Waals surface area contributed by atoms with E-state index in [2.05, 4.69) is 109 Å². The molecule has 10 aliphatic carbocycles. The first-order valence-electron chi connectivity index (χ1n) is 35.0. The van der Waals surface area contributed by atoms with Gasteiger partial charge in [-0.3, -0.25) is 24.0 Å². The van der Waals surface area contributed by atoms with Gasteiger partial charge in [-0.15, -0.1) is 0 Å². The van der Waals surface area contributed by atoms with Crippen LogP contribution in [0.2, 0.25) is 0 Å². The third kappa shape index (κ3) is 11.0. The molecular weight excluding hydrogens is 1100 g/mol. The number of esters is 4. The molecule has 1 aromatic heterocycles. The van der Waals surface area contributed by atoms with Gasteiger partial charge in [0.25, 0.3) is 0 Å². The monoisotopic (exact) mass is 1220 g/mol. The fraction of sp³-hybridized carbons (Fsp3) is 0.829. The average Bonchev–Trinajstić information content (AvgIpc) is 1.56. The third-order valence-corrected chi connectivity index (χ3v) is 29.2. The van der Waals surface area contributed by atoms with Crippen LogP contribution in [0.3, 0.4) is 0 Å². The molecule has 1 heterocycles. The fourth-order valence-electron chi connectivity index (χ4n) is 24.9. The zero-order valence-corrected chi connectivity index (χ0v) is 57.3. The summed E-state index contributed by atoms with van der Waals surface area (Å²) in [7, 11) is 3.81. The van der Waals surface area contributed by atoms with Gasteiger partial charge in [-0.25, -0.2) is 0 Å². The second-order valence-electron chi connectivity index (χ2n) is 34.9. The van der Waals surface area contributed by atoms with Gasteiger partial charge in [0.2, 0.25) is 11.2 Å². The second-order valence-corrected chi connectivity index (χ2v) is 34.9. The van der Waals surface area contributed by atoms with Gasteiger partial charge in [0.05, 0.1) is 37.9 Å². The van der Waals surface area contributed by atoms with Crippen molar-refractivity contribution in [3.8, 4) is 5.75 Å². The Morgan fingerprint density at radius 1 is 0.455 bits per heavy atom. The first kappa shape index (κ1) is 65.7. The number of hydrogen-bond donors (Lipinski definition) is 0. The molecule has 1 aromatic rings. The highest BCUT2D eigenvalue weighted by Gasteiger charge is 2.66. The Hall–Kier alpha value is -3.77. The standard InChI is InChI=1S/C76H114O12/c1-67(2)55-29-35-71(9)42-46-17-21-53-69(5,6)61(33-37-73(53,11)49(46)19-23-57(71)75(55,13)39-31-59(67)82-15)87-65(80)26-25-63(78)85-44-48-41-51(77)52(45-84-48)86-64(79)27-28-66(81)88-62-34-38-74(12)50-20-24-58-72(10,43-47(50)18-22-54(74)70(62,7)8)36-30-56-68(3,4)60(83-16)32-40-76(56,58)14/h17-18,41,45,49-50,53-62H,19-40,42-44H2,1-16H3/t49-,50?,53-,54?,55?,56-,57?,58?,59-,60-,61+,62?,71-,72-,73+,74+,75-,76-/m0/s1. The lowest BCUT2D eigenvalue weighted by Crippen LogP contribution is -2.58. The zero-order chi connectivity index (χ0) is 63.6. The van der Waals surface area contributed by atoms with E-state index < -0.39 is 29.3 Å². The van der Waals surface area contributed by atoms with Crippen LogP contribution < -0.4 is 10.2 Å². The molecule has 11 rings (SSSR count). The molecule has 6 unspecified atom stereocenters. The number of methoxy groups -OCH3 is 2. The molecule has 12 nitrogen and oxygen atoms in total. The highest BCUT2D eigenvalue weighted by Crippen LogP contribution is 2.73. The molecule has 88 heavy (non-hydrogen) atoms. The molecule has 490 valence electrons.